The molecule has 0 amide bonds. The van der Waals surface area contributed by atoms with Crippen LogP contribution in [0.5, 0.6) is 0 Å². The van der Waals surface area contributed by atoms with Crippen LogP contribution < -0.4 is 0 Å². The number of benzene rings is 2. The van der Waals surface area contributed by atoms with E-state index in [1.165, 1.54) is 11.6 Å². The van der Waals surface area contributed by atoms with Crippen molar-refractivity contribution in [3.05, 3.63) is 71.0 Å². The Morgan fingerprint density at radius 1 is 1.11 bits per heavy atom. The van der Waals surface area contributed by atoms with Gasteiger partial charge in [-0.1, -0.05) is 55.8 Å². The summed E-state index contributed by atoms with van der Waals surface area (Å²) in [6.45, 7) is 2.11. The molecule has 0 aliphatic heterocycles. The number of hydrogen-bond acceptors (Lipinski definition) is 1. The van der Waals surface area contributed by atoms with E-state index in [9.17, 15) is 9.50 Å². The fourth-order valence-electron chi connectivity index (χ4n) is 2.08. The Bertz CT molecular complexity index is 522. The molecule has 0 heterocycles. The molecular weight excluding hydrogens is 227 g/mol. The summed E-state index contributed by atoms with van der Waals surface area (Å²) in [5.41, 5.74) is 2.24. The van der Waals surface area contributed by atoms with Gasteiger partial charge in [-0.25, -0.2) is 4.39 Å². The molecule has 1 N–H and O–H groups in total. The number of rotatable bonds is 4. The second-order valence-electron chi connectivity index (χ2n) is 4.42. The van der Waals surface area contributed by atoms with Crippen molar-refractivity contribution in [2.75, 3.05) is 0 Å². The van der Waals surface area contributed by atoms with Crippen LogP contribution in [0, 0.1) is 5.82 Å². The topological polar surface area (TPSA) is 20.2 Å². The smallest absolute Gasteiger partial charge is 0.129 e. The van der Waals surface area contributed by atoms with Crippen molar-refractivity contribution in [1.29, 1.82) is 0 Å². The predicted octanol–water partition coefficient (Wildman–Crippen LogP) is 3.86. The first kappa shape index (κ1) is 12.8. The fraction of sp³-hybridized carbons (Fsp3) is 0.250. The maximum Gasteiger partial charge on any atom is 0.129 e. The van der Waals surface area contributed by atoms with Crippen molar-refractivity contribution in [2.45, 2.75) is 25.9 Å². The lowest BCUT2D eigenvalue weighted by Crippen LogP contribution is -2.03. The van der Waals surface area contributed by atoms with E-state index in [1.54, 1.807) is 18.2 Å². The van der Waals surface area contributed by atoms with Crippen LogP contribution in [0.15, 0.2) is 48.5 Å². The van der Waals surface area contributed by atoms with E-state index in [4.69, 9.17) is 0 Å². The molecule has 94 valence electrons. The molecule has 0 bridgehead atoms. The summed E-state index contributed by atoms with van der Waals surface area (Å²) in [6, 6.07) is 14.1. The molecule has 0 spiro atoms. The van der Waals surface area contributed by atoms with Gasteiger partial charge in [0.2, 0.25) is 0 Å². The lowest BCUT2D eigenvalue weighted by atomic mass is 9.98. The van der Waals surface area contributed by atoms with Gasteiger partial charge in [0.25, 0.3) is 0 Å². The molecule has 0 saturated heterocycles. The first-order valence-electron chi connectivity index (χ1n) is 6.23. The van der Waals surface area contributed by atoms with E-state index in [0.717, 1.165) is 18.4 Å². The molecule has 0 fully saturated rings. The van der Waals surface area contributed by atoms with E-state index >= 15 is 0 Å². The Labute approximate surface area is 107 Å². The van der Waals surface area contributed by atoms with Crippen molar-refractivity contribution in [3.8, 4) is 0 Å². The SMILES string of the molecule is CCCc1cccc(C(O)c2ccccc2F)c1. The number of hydrogen-bond donors (Lipinski definition) is 1. The second-order valence-corrected chi connectivity index (χ2v) is 4.42. The molecular formula is C16H17FO. The second kappa shape index (κ2) is 5.78. The van der Waals surface area contributed by atoms with Crippen LogP contribution in [-0.2, 0) is 6.42 Å². The summed E-state index contributed by atoms with van der Waals surface area (Å²) in [6.07, 6.45) is 1.12. The van der Waals surface area contributed by atoms with Crippen LogP contribution in [0.1, 0.15) is 36.1 Å². The summed E-state index contributed by atoms with van der Waals surface area (Å²) in [5.74, 6) is -0.370. The highest BCUT2D eigenvalue weighted by atomic mass is 19.1. The molecule has 0 radical (unpaired) electrons. The number of aliphatic hydroxyl groups is 1. The van der Waals surface area contributed by atoms with Gasteiger partial charge in [0, 0.05) is 5.56 Å². The minimum atomic E-state index is -0.900. The predicted molar refractivity (Wildman–Crippen MR) is 70.9 cm³/mol. The van der Waals surface area contributed by atoms with E-state index in [0.29, 0.717) is 5.56 Å². The first-order chi connectivity index (χ1) is 8.72. The van der Waals surface area contributed by atoms with Crippen LogP contribution in [0.4, 0.5) is 4.39 Å². The Balaban J connectivity index is 2.31. The molecule has 2 aromatic carbocycles. The van der Waals surface area contributed by atoms with Crippen molar-refractivity contribution in [2.24, 2.45) is 0 Å². The van der Waals surface area contributed by atoms with Gasteiger partial charge in [-0.3, -0.25) is 0 Å². The third-order valence-corrected chi connectivity index (χ3v) is 3.01. The lowest BCUT2D eigenvalue weighted by molar-refractivity contribution is 0.215. The molecule has 2 heteroatoms. The molecule has 0 aliphatic carbocycles. The molecule has 1 atom stereocenters. The Morgan fingerprint density at radius 2 is 1.89 bits per heavy atom. The number of aliphatic hydroxyl groups excluding tert-OH is 1. The van der Waals surface area contributed by atoms with Gasteiger partial charge in [0.05, 0.1) is 0 Å². The van der Waals surface area contributed by atoms with Crippen LogP contribution in [0.2, 0.25) is 0 Å². The minimum Gasteiger partial charge on any atom is -0.384 e. The molecule has 2 rings (SSSR count). The number of aryl methyl sites for hydroxylation is 1. The summed E-state index contributed by atoms with van der Waals surface area (Å²) >= 11 is 0. The summed E-state index contributed by atoms with van der Waals surface area (Å²) in [5, 5.41) is 10.2. The molecule has 2 aromatic rings. The molecule has 18 heavy (non-hydrogen) atoms. The normalized spacial score (nSPS) is 12.4. The van der Waals surface area contributed by atoms with E-state index < -0.39 is 6.10 Å². The van der Waals surface area contributed by atoms with Crippen molar-refractivity contribution in [1.82, 2.24) is 0 Å². The maximum atomic E-state index is 13.6. The average molecular weight is 244 g/mol. The zero-order chi connectivity index (χ0) is 13.0. The van der Waals surface area contributed by atoms with Crippen molar-refractivity contribution in [3.63, 3.8) is 0 Å². The van der Waals surface area contributed by atoms with E-state index in [1.807, 2.05) is 24.3 Å². The summed E-state index contributed by atoms with van der Waals surface area (Å²) in [4.78, 5) is 0. The highest BCUT2D eigenvalue weighted by Crippen LogP contribution is 2.24. The van der Waals surface area contributed by atoms with Crippen LogP contribution in [0.25, 0.3) is 0 Å². The molecule has 1 nitrogen and oxygen atoms in total. The van der Waals surface area contributed by atoms with Gasteiger partial charge in [-0.2, -0.15) is 0 Å². The summed E-state index contributed by atoms with van der Waals surface area (Å²) < 4.78 is 13.6. The van der Waals surface area contributed by atoms with Crippen LogP contribution >= 0.6 is 0 Å². The maximum absolute atomic E-state index is 13.6. The minimum absolute atomic E-state index is 0.325. The Morgan fingerprint density at radius 3 is 2.61 bits per heavy atom. The fourth-order valence-corrected chi connectivity index (χ4v) is 2.08. The van der Waals surface area contributed by atoms with Crippen LogP contribution in [0.3, 0.4) is 0 Å². The van der Waals surface area contributed by atoms with Gasteiger partial charge in [-0.15, -0.1) is 0 Å². The number of halogens is 1. The molecule has 0 saturated carbocycles. The summed E-state index contributed by atoms with van der Waals surface area (Å²) in [7, 11) is 0. The quantitative estimate of drug-likeness (QED) is 0.865. The molecule has 1 unspecified atom stereocenters. The van der Waals surface area contributed by atoms with E-state index in [2.05, 4.69) is 6.92 Å². The van der Waals surface area contributed by atoms with Gasteiger partial charge in [-0.05, 0) is 23.6 Å². The van der Waals surface area contributed by atoms with Gasteiger partial charge in [0.15, 0.2) is 0 Å². The highest BCUT2D eigenvalue weighted by molar-refractivity contribution is 5.33. The zero-order valence-electron chi connectivity index (χ0n) is 10.4. The van der Waals surface area contributed by atoms with Gasteiger partial charge >= 0.3 is 0 Å². The van der Waals surface area contributed by atoms with E-state index in [-0.39, 0.29) is 5.82 Å². The Hall–Kier alpha value is -1.67. The Kier molecular flexibility index (Phi) is 4.11. The first-order valence-corrected chi connectivity index (χ1v) is 6.23. The largest absolute Gasteiger partial charge is 0.384 e. The van der Waals surface area contributed by atoms with Gasteiger partial charge < -0.3 is 5.11 Å². The van der Waals surface area contributed by atoms with Crippen LogP contribution in [-0.4, -0.2) is 5.11 Å². The van der Waals surface area contributed by atoms with Crippen molar-refractivity contribution >= 4 is 0 Å². The zero-order valence-corrected chi connectivity index (χ0v) is 10.4. The van der Waals surface area contributed by atoms with Crippen molar-refractivity contribution < 1.29 is 9.50 Å². The average Bonchev–Trinajstić information content (AvgIpc) is 2.39. The third kappa shape index (κ3) is 2.77. The highest BCUT2D eigenvalue weighted by Gasteiger charge is 2.14. The lowest BCUT2D eigenvalue weighted by Gasteiger charge is -2.13. The van der Waals surface area contributed by atoms with Gasteiger partial charge in [0.1, 0.15) is 11.9 Å². The third-order valence-electron chi connectivity index (χ3n) is 3.01. The molecule has 0 aromatic heterocycles. The monoisotopic (exact) mass is 244 g/mol. The standard InChI is InChI=1S/C16H17FO/c1-2-6-12-7-5-8-13(11-12)16(18)14-9-3-4-10-15(14)17/h3-5,7-11,16,18H,2,6H2,1H3. The molecule has 0 aliphatic rings.